The van der Waals surface area contributed by atoms with E-state index >= 15 is 0 Å². The molecule has 4 rings (SSSR count). The fraction of sp³-hybridized carbons (Fsp3) is 0.304. The molecule has 0 N–H and O–H groups in total. The van der Waals surface area contributed by atoms with Gasteiger partial charge in [-0.05, 0) is 50.8 Å². The van der Waals surface area contributed by atoms with E-state index in [2.05, 4.69) is 0 Å². The maximum absolute atomic E-state index is 13.5. The van der Waals surface area contributed by atoms with Crippen LogP contribution in [0.1, 0.15) is 28.8 Å². The second kappa shape index (κ2) is 9.77. The quantitative estimate of drug-likeness (QED) is 0.509. The third-order valence-corrected chi connectivity index (χ3v) is 6.30. The number of halogens is 1. The van der Waals surface area contributed by atoms with Gasteiger partial charge in [-0.15, -0.1) is 12.4 Å². The lowest BCUT2D eigenvalue weighted by Crippen LogP contribution is -2.37. The molecule has 3 amide bonds. The van der Waals surface area contributed by atoms with Gasteiger partial charge in [0.25, 0.3) is 5.91 Å². The first kappa shape index (κ1) is 23.8. The van der Waals surface area contributed by atoms with Gasteiger partial charge < -0.3 is 4.90 Å². The number of likely N-dealkylation sites (N-methyl/N-ethyl adjacent to an activating group) is 1. The molecule has 0 saturated carbocycles. The maximum atomic E-state index is 13.5. The highest BCUT2D eigenvalue weighted by atomic mass is 35.5. The molecule has 0 bridgehead atoms. The van der Waals surface area contributed by atoms with E-state index in [1.54, 1.807) is 29.2 Å². The zero-order valence-electron chi connectivity index (χ0n) is 18.2. The van der Waals surface area contributed by atoms with Crippen molar-refractivity contribution in [2.45, 2.75) is 19.8 Å². The van der Waals surface area contributed by atoms with E-state index in [0.29, 0.717) is 29.5 Å². The van der Waals surface area contributed by atoms with Crippen LogP contribution in [0.15, 0.2) is 42.5 Å². The minimum atomic E-state index is -0.235. The van der Waals surface area contributed by atoms with Gasteiger partial charge in [0, 0.05) is 31.5 Å². The van der Waals surface area contributed by atoms with E-state index in [4.69, 9.17) is 4.98 Å². The molecule has 1 saturated heterocycles. The van der Waals surface area contributed by atoms with Gasteiger partial charge in [-0.3, -0.25) is 24.2 Å². The fourth-order valence-corrected chi connectivity index (χ4v) is 4.64. The van der Waals surface area contributed by atoms with Crippen LogP contribution in [0.25, 0.3) is 10.2 Å². The normalized spacial score (nSPS) is 13.7. The van der Waals surface area contributed by atoms with Gasteiger partial charge in [0.2, 0.25) is 11.8 Å². The van der Waals surface area contributed by atoms with Crippen LogP contribution < -0.4 is 9.80 Å². The van der Waals surface area contributed by atoms with E-state index in [9.17, 15) is 14.4 Å². The van der Waals surface area contributed by atoms with E-state index in [0.717, 1.165) is 15.8 Å². The summed E-state index contributed by atoms with van der Waals surface area (Å²) >= 11 is 1.48. The van der Waals surface area contributed by atoms with Crippen LogP contribution in [-0.4, -0.2) is 54.8 Å². The minimum absolute atomic E-state index is 0. The number of aromatic nitrogens is 1. The Bertz CT molecular complexity index is 1160. The van der Waals surface area contributed by atoms with Crippen molar-refractivity contribution < 1.29 is 14.4 Å². The van der Waals surface area contributed by atoms with Crippen LogP contribution in [0.3, 0.4) is 0 Å². The molecule has 1 fully saturated rings. The Morgan fingerprint density at radius 1 is 1.06 bits per heavy atom. The third-order valence-electron chi connectivity index (χ3n) is 5.26. The number of hydrogen-bond acceptors (Lipinski definition) is 6. The molecule has 0 aliphatic carbocycles. The monoisotopic (exact) mass is 472 g/mol. The number of aryl methyl sites for hydroxylation is 1. The third kappa shape index (κ3) is 4.67. The molecule has 0 unspecified atom stereocenters. The first-order valence-electron chi connectivity index (χ1n) is 10.1. The number of imide groups is 1. The molecule has 1 aliphatic rings. The number of carbonyl (C=O) groups excluding carboxylic acids is 3. The van der Waals surface area contributed by atoms with Crippen molar-refractivity contribution in [1.29, 1.82) is 0 Å². The summed E-state index contributed by atoms with van der Waals surface area (Å²) < 4.78 is 1.03. The number of benzene rings is 2. The number of amides is 3. The minimum Gasteiger partial charge on any atom is -0.308 e. The van der Waals surface area contributed by atoms with Crippen LogP contribution >= 0.6 is 23.7 Å². The number of nitrogens with zero attached hydrogens (tertiary/aromatic N) is 4. The van der Waals surface area contributed by atoms with Gasteiger partial charge >= 0.3 is 0 Å². The number of anilines is 2. The summed E-state index contributed by atoms with van der Waals surface area (Å²) in [5.74, 6) is -0.680. The average Bonchev–Trinajstić information content (AvgIpc) is 3.32. The Morgan fingerprint density at radius 3 is 2.41 bits per heavy atom. The van der Waals surface area contributed by atoms with Crippen LogP contribution in [0.5, 0.6) is 0 Å². The maximum Gasteiger partial charge on any atom is 0.260 e. The van der Waals surface area contributed by atoms with Crippen molar-refractivity contribution in [2.75, 3.05) is 37.0 Å². The highest BCUT2D eigenvalue weighted by Crippen LogP contribution is 2.32. The molecule has 0 spiro atoms. The number of fused-ring (bicyclic) bond motifs is 1. The largest absolute Gasteiger partial charge is 0.308 e. The van der Waals surface area contributed by atoms with E-state index in [1.165, 1.54) is 16.2 Å². The topological polar surface area (TPSA) is 73.8 Å². The number of thiazole rings is 1. The first-order chi connectivity index (χ1) is 14.8. The summed E-state index contributed by atoms with van der Waals surface area (Å²) in [5, 5.41) is 0.634. The van der Waals surface area contributed by atoms with Gasteiger partial charge in [0.1, 0.15) is 0 Å². The molecule has 1 aliphatic heterocycles. The SMILES string of the molecule is Cc1cccc2sc(N(CCN(C)C)C(=O)c3cccc(N4C(=O)CCC4=O)c3)nc12.Cl. The second-order valence-electron chi connectivity index (χ2n) is 7.85. The highest BCUT2D eigenvalue weighted by Gasteiger charge is 2.31. The summed E-state index contributed by atoms with van der Waals surface area (Å²) in [6.45, 7) is 3.14. The summed E-state index contributed by atoms with van der Waals surface area (Å²) in [6, 6.07) is 12.7. The molecule has 7 nitrogen and oxygen atoms in total. The number of carbonyl (C=O) groups is 3. The van der Waals surface area contributed by atoms with Crippen LogP contribution in [-0.2, 0) is 9.59 Å². The lowest BCUT2D eigenvalue weighted by atomic mass is 10.1. The van der Waals surface area contributed by atoms with E-state index in [-0.39, 0.29) is 43.0 Å². The van der Waals surface area contributed by atoms with Crippen molar-refractivity contribution in [3.63, 3.8) is 0 Å². The first-order valence-corrected chi connectivity index (χ1v) is 11.0. The Balaban J connectivity index is 0.00000289. The van der Waals surface area contributed by atoms with Crippen LogP contribution in [0.4, 0.5) is 10.8 Å². The lowest BCUT2D eigenvalue weighted by molar-refractivity contribution is -0.121. The van der Waals surface area contributed by atoms with Crippen LogP contribution in [0, 0.1) is 6.92 Å². The van der Waals surface area contributed by atoms with E-state index in [1.807, 2.05) is 44.1 Å². The Hall–Kier alpha value is -2.81. The van der Waals surface area contributed by atoms with Crippen LogP contribution in [0.2, 0.25) is 0 Å². The van der Waals surface area contributed by atoms with Crippen molar-refractivity contribution >= 4 is 62.5 Å². The second-order valence-corrected chi connectivity index (χ2v) is 8.86. The lowest BCUT2D eigenvalue weighted by Gasteiger charge is -2.23. The smallest absolute Gasteiger partial charge is 0.260 e. The fourth-order valence-electron chi connectivity index (χ4n) is 3.57. The molecule has 3 aromatic rings. The van der Waals surface area contributed by atoms with Crippen molar-refractivity contribution in [3.05, 3.63) is 53.6 Å². The molecular weight excluding hydrogens is 448 g/mol. The Morgan fingerprint density at radius 2 is 1.75 bits per heavy atom. The van der Waals surface area contributed by atoms with Gasteiger partial charge in [-0.2, -0.15) is 0 Å². The molecular formula is C23H25ClN4O3S. The Labute approximate surface area is 197 Å². The summed E-state index contributed by atoms with van der Waals surface area (Å²) in [5.41, 5.74) is 2.81. The predicted molar refractivity (Wildman–Crippen MR) is 130 cm³/mol. The summed E-state index contributed by atoms with van der Waals surface area (Å²) in [6.07, 6.45) is 0.411. The molecule has 2 heterocycles. The number of para-hydroxylation sites is 1. The zero-order chi connectivity index (χ0) is 22.1. The Kier molecular flexibility index (Phi) is 7.28. The predicted octanol–water partition coefficient (Wildman–Crippen LogP) is 3.89. The highest BCUT2D eigenvalue weighted by molar-refractivity contribution is 7.22. The molecule has 0 radical (unpaired) electrons. The summed E-state index contributed by atoms with van der Waals surface area (Å²) in [7, 11) is 3.91. The molecule has 9 heteroatoms. The van der Waals surface area contributed by atoms with Gasteiger partial charge in [0.15, 0.2) is 5.13 Å². The zero-order valence-corrected chi connectivity index (χ0v) is 19.8. The van der Waals surface area contributed by atoms with Crippen molar-refractivity contribution in [2.24, 2.45) is 0 Å². The van der Waals surface area contributed by atoms with Gasteiger partial charge in [0.05, 0.1) is 15.9 Å². The number of hydrogen-bond donors (Lipinski definition) is 0. The number of rotatable bonds is 6. The van der Waals surface area contributed by atoms with Crippen molar-refractivity contribution in [1.82, 2.24) is 9.88 Å². The molecule has 32 heavy (non-hydrogen) atoms. The van der Waals surface area contributed by atoms with Crippen molar-refractivity contribution in [3.8, 4) is 0 Å². The van der Waals surface area contributed by atoms with Gasteiger partial charge in [-0.25, -0.2) is 4.98 Å². The average molecular weight is 473 g/mol. The van der Waals surface area contributed by atoms with Gasteiger partial charge in [-0.1, -0.05) is 29.5 Å². The van der Waals surface area contributed by atoms with E-state index < -0.39 is 0 Å². The molecule has 168 valence electrons. The molecule has 1 aromatic heterocycles. The summed E-state index contributed by atoms with van der Waals surface area (Å²) in [4.78, 5) is 47.4. The molecule has 0 atom stereocenters. The molecule has 2 aromatic carbocycles. The standard InChI is InChI=1S/C23H24N4O3S.ClH/c1-15-6-4-9-18-21(15)24-23(31-18)26(13-12-25(2)3)22(30)16-7-5-8-17(14-16)27-19(28)10-11-20(27)29;/h4-9,14H,10-13H2,1-3H3;1H.